The van der Waals surface area contributed by atoms with Gasteiger partial charge in [-0.2, -0.15) is 0 Å². The molecule has 1 N–H and O–H groups in total. The first-order valence-electron chi connectivity index (χ1n) is 11.5. The van der Waals surface area contributed by atoms with Crippen LogP contribution in [0.25, 0.3) is 0 Å². The van der Waals surface area contributed by atoms with Gasteiger partial charge < -0.3 is 14.8 Å². The van der Waals surface area contributed by atoms with Crippen molar-refractivity contribution < 1.29 is 14.3 Å². The molecule has 0 aromatic heterocycles. The van der Waals surface area contributed by atoms with Crippen molar-refractivity contribution in [1.29, 1.82) is 0 Å². The van der Waals surface area contributed by atoms with E-state index in [1.165, 1.54) is 57.8 Å². The maximum absolute atomic E-state index is 12.3. The first-order valence-corrected chi connectivity index (χ1v) is 11.5. The molecule has 0 spiro atoms. The number of esters is 1. The van der Waals surface area contributed by atoms with Crippen LogP contribution in [0.5, 0.6) is 11.5 Å². The first kappa shape index (κ1) is 23.8. The lowest BCUT2D eigenvalue weighted by atomic mass is 10.1. The van der Waals surface area contributed by atoms with E-state index >= 15 is 0 Å². The molecule has 0 bridgehead atoms. The van der Waals surface area contributed by atoms with Crippen LogP contribution in [0.2, 0.25) is 0 Å². The van der Waals surface area contributed by atoms with Crippen molar-refractivity contribution in [1.82, 2.24) is 0 Å². The van der Waals surface area contributed by atoms with Crippen LogP contribution >= 0.6 is 0 Å². The van der Waals surface area contributed by atoms with Crippen LogP contribution in [0.15, 0.2) is 48.5 Å². The van der Waals surface area contributed by atoms with E-state index in [9.17, 15) is 4.79 Å². The smallest absolute Gasteiger partial charge is 0.343 e. The van der Waals surface area contributed by atoms with Gasteiger partial charge in [-0.1, -0.05) is 64.7 Å². The number of ether oxygens (including phenoxy) is 2. The van der Waals surface area contributed by atoms with Gasteiger partial charge in [-0.25, -0.2) is 4.79 Å². The molecule has 4 heteroatoms. The highest BCUT2D eigenvalue weighted by Gasteiger charge is 2.09. The van der Waals surface area contributed by atoms with Crippen molar-refractivity contribution in [3.8, 4) is 11.5 Å². The molecule has 30 heavy (non-hydrogen) atoms. The van der Waals surface area contributed by atoms with Gasteiger partial charge in [0.15, 0.2) is 0 Å². The van der Waals surface area contributed by atoms with Crippen molar-refractivity contribution in [2.45, 2.75) is 71.1 Å². The van der Waals surface area contributed by atoms with Crippen molar-refractivity contribution in [2.75, 3.05) is 19.0 Å². The van der Waals surface area contributed by atoms with E-state index in [2.05, 4.69) is 12.2 Å². The van der Waals surface area contributed by atoms with Crippen molar-refractivity contribution >= 4 is 11.7 Å². The lowest BCUT2D eigenvalue weighted by Crippen LogP contribution is -2.08. The van der Waals surface area contributed by atoms with Gasteiger partial charge in [0.25, 0.3) is 0 Å². The predicted molar refractivity (Wildman–Crippen MR) is 125 cm³/mol. The maximum atomic E-state index is 12.3. The van der Waals surface area contributed by atoms with Gasteiger partial charge >= 0.3 is 5.97 Å². The summed E-state index contributed by atoms with van der Waals surface area (Å²) in [6.45, 7) is 2.98. The zero-order valence-corrected chi connectivity index (χ0v) is 18.6. The molecule has 0 saturated carbocycles. The molecule has 164 valence electrons. The predicted octanol–water partition coefficient (Wildman–Crippen LogP) is 7.25. The molecule has 2 aromatic carbocycles. The van der Waals surface area contributed by atoms with Gasteiger partial charge in [0.05, 0.1) is 12.2 Å². The molecule has 0 atom stereocenters. The number of rotatable bonds is 15. The Hall–Kier alpha value is -2.49. The van der Waals surface area contributed by atoms with Crippen LogP contribution in [0.1, 0.15) is 81.5 Å². The van der Waals surface area contributed by atoms with Gasteiger partial charge in [-0.3, -0.25) is 0 Å². The number of hydrogen-bond acceptors (Lipinski definition) is 4. The van der Waals surface area contributed by atoms with E-state index in [1.54, 1.807) is 24.3 Å². The molecule has 2 aromatic rings. The van der Waals surface area contributed by atoms with Crippen LogP contribution in [0.4, 0.5) is 5.69 Å². The summed E-state index contributed by atoms with van der Waals surface area (Å²) in [5, 5.41) is 3.03. The summed E-state index contributed by atoms with van der Waals surface area (Å²) in [6, 6.07) is 14.4. The van der Waals surface area contributed by atoms with E-state index in [4.69, 9.17) is 9.47 Å². The molecule has 0 fully saturated rings. The highest BCUT2D eigenvalue weighted by molar-refractivity contribution is 5.91. The van der Waals surface area contributed by atoms with E-state index in [0.717, 1.165) is 24.5 Å². The zero-order chi connectivity index (χ0) is 21.4. The van der Waals surface area contributed by atoms with E-state index in [1.807, 2.05) is 31.3 Å². The third kappa shape index (κ3) is 9.34. The number of unbranched alkanes of at least 4 members (excludes halogenated alkanes) is 9. The van der Waals surface area contributed by atoms with Crippen LogP contribution in [-0.2, 0) is 0 Å². The summed E-state index contributed by atoms with van der Waals surface area (Å²) < 4.78 is 11.2. The second kappa shape index (κ2) is 14.5. The monoisotopic (exact) mass is 411 g/mol. The zero-order valence-electron chi connectivity index (χ0n) is 18.6. The Balaban J connectivity index is 1.58. The van der Waals surface area contributed by atoms with Gasteiger partial charge in [-0.15, -0.1) is 0 Å². The third-order valence-electron chi connectivity index (χ3n) is 5.21. The van der Waals surface area contributed by atoms with Gasteiger partial charge in [-0.05, 0) is 55.0 Å². The Morgan fingerprint density at radius 1 is 0.733 bits per heavy atom. The lowest BCUT2D eigenvalue weighted by molar-refractivity contribution is 0.0734. The second-order valence-electron chi connectivity index (χ2n) is 7.72. The molecule has 2 rings (SSSR count). The van der Waals surface area contributed by atoms with Gasteiger partial charge in [0, 0.05) is 12.7 Å². The van der Waals surface area contributed by atoms with Crippen molar-refractivity contribution in [2.24, 2.45) is 0 Å². The van der Waals surface area contributed by atoms with Crippen LogP contribution in [0.3, 0.4) is 0 Å². The molecule has 0 unspecified atom stereocenters. The Morgan fingerprint density at radius 2 is 1.27 bits per heavy atom. The molecule has 0 aliphatic carbocycles. The van der Waals surface area contributed by atoms with Crippen molar-refractivity contribution in [3.63, 3.8) is 0 Å². The number of anilines is 1. The summed E-state index contributed by atoms with van der Waals surface area (Å²) in [6.07, 6.45) is 13.1. The fourth-order valence-electron chi connectivity index (χ4n) is 3.32. The number of nitrogens with one attached hydrogen (secondary N) is 1. The molecule has 0 saturated heterocycles. The third-order valence-corrected chi connectivity index (χ3v) is 5.21. The van der Waals surface area contributed by atoms with E-state index in [-0.39, 0.29) is 5.97 Å². The molecule has 0 heterocycles. The highest BCUT2D eigenvalue weighted by atomic mass is 16.5. The number of carbonyl (C=O) groups is 1. The number of benzene rings is 2. The van der Waals surface area contributed by atoms with Crippen LogP contribution < -0.4 is 14.8 Å². The highest BCUT2D eigenvalue weighted by Crippen LogP contribution is 2.18. The fourth-order valence-corrected chi connectivity index (χ4v) is 3.32. The summed E-state index contributed by atoms with van der Waals surface area (Å²) >= 11 is 0. The van der Waals surface area contributed by atoms with Crippen LogP contribution in [-0.4, -0.2) is 19.6 Å². The molecule has 0 radical (unpaired) electrons. The van der Waals surface area contributed by atoms with Gasteiger partial charge in [0.1, 0.15) is 11.5 Å². The standard InChI is InChI=1S/C26H37NO3/c1-3-4-5-6-7-8-9-10-11-12-21-29-24-17-13-22(14-18-24)26(28)30-25-19-15-23(27-2)16-20-25/h13-20,27H,3-12,21H2,1-2H3. The van der Waals surface area contributed by atoms with E-state index < -0.39 is 0 Å². The minimum absolute atomic E-state index is 0.367. The number of hydrogen-bond donors (Lipinski definition) is 1. The topological polar surface area (TPSA) is 47.6 Å². The Morgan fingerprint density at radius 3 is 1.83 bits per heavy atom. The quantitative estimate of drug-likeness (QED) is 0.190. The normalized spacial score (nSPS) is 10.6. The fraction of sp³-hybridized carbons (Fsp3) is 0.500. The molecule has 0 aliphatic rings. The minimum Gasteiger partial charge on any atom is -0.494 e. The average molecular weight is 412 g/mol. The molecular weight excluding hydrogens is 374 g/mol. The molecule has 0 amide bonds. The van der Waals surface area contributed by atoms with Gasteiger partial charge in [0.2, 0.25) is 0 Å². The first-order chi connectivity index (χ1) is 14.7. The molecule has 4 nitrogen and oxygen atoms in total. The number of carbonyl (C=O) groups excluding carboxylic acids is 1. The Labute approximate surface area is 182 Å². The maximum Gasteiger partial charge on any atom is 0.343 e. The average Bonchev–Trinajstić information content (AvgIpc) is 2.78. The molecule has 0 aliphatic heterocycles. The Bertz CT molecular complexity index is 710. The lowest BCUT2D eigenvalue weighted by Gasteiger charge is -2.08. The molecular formula is C26H37NO3. The van der Waals surface area contributed by atoms with Crippen molar-refractivity contribution in [3.05, 3.63) is 54.1 Å². The summed E-state index contributed by atoms with van der Waals surface area (Å²) in [7, 11) is 1.85. The Kier molecular flexibility index (Phi) is 11.5. The largest absolute Gasteiger partial charge is 0.494 e. The second-order valence-corrected chi connectivity index (χ2v) is 7.72. The summed E-state index contributed by atoms with van der Waals surface area (Å²) in [5.41, 5.74) is 1.48. The minimum atomic E-state index is -0.367. The summed E-state index contributed by atoms with van der Waals surface area (Å²) in [5.74, 6) is 0.953. The van der Waals surface area contributed by atoms with Crippen LogP contribution in [0, 0.1) is 0 Å². The van der Waals surface area contributed by atoms with E-state index in [0.29, 0.717) is 11.3 Å². The summed E-state index contributed by atoms with van der Waals surface area (Å²) in [4.78, 5) is 12.3. The SMILES string of the molecule is CCCCCCCCCCCCOc1ccc(C(=O)Oc2ccc(NC)cc2)cc1.